The largest absolute Gasteiger partial charge is 0.456 e. The van der Waals surface area contributed by atoms with E-state index in [0.717, 1.165) is 31.6 Å². The third-order valence-corrected chi connectivity index (χ3v) is 5.67. The van der Waals surface area contributed by atoms with Crippen LogP contribution in [0.1, 0.15) is 43.1 Å². The van der Waals surface area contributed by atoms with Crippen molar-refractivity contribution in [3.63, 3.8) is 0 Å². The van der Waals surface area contributed by atoms with Gasteiger partial charge in [0.25, 0.3) is 0 Å². The van der Waals surface area contributed by atoms with Gasteiger partial charge in [-0.15, -0.1) is 0 Å². The van der Waals surface area contributed by atoms with Crippen LogP contribution in [0, 0.1) is 6.57 Å². The van der Waals surface area contributed by atoms with Crippen molar-refractivity contribution in [3.8, 4) is 0 Å². The Morgan fingerprint density at radius 1 is 1.19 bits per heavy atom. The van der Waals surface area contributed by atoms with Crippen molar-refractivity contribution < 1.29 is 14.6 Å². The van der Waals surface area contributed by atoms with Crippen LogP contribution < -0.4 is 4.90 Å². The molecule has 1 aliphatic rings. The van der Waals surface area contributed by atoms with Gasteiger partial charge >= 0.3 is 5.97 Å². The number of likely N-dealkylation sites (N-methyl/N-ethyl adjacent to an activating group) is 1. The van der Waals surface area contributed by atoms with Crippen LogP contribution in [0.15, 0.2) is 48.5 Å². The van der Waals surface area contributed by atoms with E-state index in [1.165, 1.54) is 5.56 Å². The highest BCUT2D eigenvalue weighted by Crippen LogP contribution is 2.25. The molecule has 6 heteroatoms. The van der Waals surface area contributed by atoms with E-state index in [-0.39, 0.29) is 5.97 Å². The predicted molar refractivity (Wildman–Crippen MR) is 127 cm³/mol. The van der Waals surface area contributed by atoms with E-state index < -0.39 is 11.2 Å². The third kappa shape index (κ3) is 6.56. The molecular weight excluding hydrogens is 402 g/mol. The van der Waals surface area contributed by atoms with Gasteiger partial charge in [-0.25, -0.2) is 9.64 Å². The molecular formula is C26H33N3O3. The zero-order valence-electron chi connectivity index (χ0n) is 19.5. The first-order valence-corrected chi connectivity index (χ1v) is 11.0. The first-order chi connectivity index (χ1) is 15.1. The minimum atomic E-state index is -0.771. The maximum atomic E-state index is 12.2. The highest BCUT2D eigenvalue weighted by Gasteiger charge is 2.36. The van der Waals surface area contributed by atoms with Crippen LogP contribution >= 0.6 is 0 Å². The van der Waals surface area contributed by atoms with Gasteiger partial charge in [0.2, 0.25) is 0 Å². The molecule has 1 aliphatic heterocycles. The van der Waals surface area contributed by atoms with Gasteiger partial charge in [-0.1, -0.05) is 24.3 Å². The topological polar surface area (TPSA) is 57.4 Å². The van der Waals surface area contributed by atoms with E-state index in [9.17, 15) is 9.90 Å². The molecule has 0 saturated carbocycles. The first kappa shape index (κ1) is 23.8. The zero-order valence-corrected chi connectivity index (χ0v) is 19.5. The Morgan fingerprint density at radius 2 is 1.84 bits per heavy atom. The Morgan fingerprint density at radius 3 is 2.44 bits per heavy atom. The van der Waals surface area contributed by atoms with E-state index in [1.54, 1.807) is 12.1 Å². The van der Waals surface area contributed by atoms with Crippen LogP contribution in [-0.4, -0.2) is 60.4 Å². The Bertz CT molecular complexity index is 958. The summed E-state index contributed by atoms with van der Waals surface area (Å²) >= 11 is 0. The SMILES string of the molecule is [C-]#[N+]c1ccc(CCN2CCC(O)(CN(C)c3ccc(C(=O)OC(C)(C)C)cc3)C2)cc1. The summed E-state index contributed by atoms with van der Waals surface area (Å²) in [5.74, 6) is -0.333. The van der Waals surface area contributed by atoms with Crippen LogP contribution in [0.3, 0.4) is 0 Å². The first-order valence-electron chi connectivity index (χ1n) is 11.0. The highest BCUT2D eigenvalue weighted by molar-refractivity contribution is 5.90. The van der Waals surface area contributed by atoms with Gasteiger partial charge < -0.3 is 14.7 Å². The molecule has 1 saturated heterocycles. The van der Waals surface area contributed by atoms with Gasteiger partial charge in [-0.2, -0.15) is 0 Å². The van der Waals surface area contributed by atoms with Gasteiger partial charge in [0.15, 0.2) is 5.69 Å². The summed E-state index contributed by atoms with van der Waals surface area (Å²) in [4.78, 5) is 20.0. The zero-order chi connectivity index (χ0) is 23.4. The minimum Gasteiger partial charge on any atom is -0.456 e. The average Bonchev–Trinajstić information content (AvgIpc) is 3.12. The van der Waals surface area contributed by atoms with Crippen LogP contribution in [0.2, 0.25) is 0 Å². The molecule has 3 rings (SSSR count). The second-order valence-electron chi connectivity index (χ2n) is 9.68. The molecule has 0 spiro atoms. The molecule has 1 fully saturated rings. The quantitative estimate of drug-likeness (QED) is 0.519. The number of likely N-dealkylation sites (tertiary alicyclic amines) is 1. The number of esters is 1. The second kappa shape index (κ2) is 9.72. The number of ether oxygens (including phenoxy) is 1. The van der Waals surface area contributed by atoms with Gasteiger partial charge in [0, 0.05) is 38.9 Å². The number of benzene rings is 2. The maximum Gasteiger partial charge on any atom is 0.338 e. The lowest BCUT2D eigenvalue weighted by atomic mass is 10.0. The Hall–Kier alpha value is -2.88. The molecule has 1 N–H and O–H groups in total. The lowest BCUT2D eigenvalue weighted by molar-refractivity contribution is 0.00693. The van der Waals surface area contributed by atoms with E-state index in [1.807, 2.05) is 69.1 Å². The van der Waals surface area contributed by atoms with Crippen molar-refractivity contribution in [2.75, 3.05) is 38.1 Å². The van der Waals surface area contributed by atoms with Gasteiger partial charge in [0.05, 0.1) is 17.7 Å². The van der Waals surface area contributed by atoms with E-state index >= 15 is 0 Å². The minimum absolute atomic E-state index is 0.333. The molecule has 170 valence electrons. The number of hydrogen-bond donors (Lipinski definition) is 1. The van der Waals surface area contributed by atoms with Crippen molar-refractivity contribution >= 4 is 17.3 Å². The number of hydrogen-bond acceptors (Lipinski definition) is 5. The highest BCUT2D eigenvalue weighted by atomic mass is 16.6. The summed E-state index contributed by atoms with van der Waals surface area (Å²) < 4.78 is 5.41. The number of anilines is 1. The Kier molecular flexibility index (Phi) is 7.22. The van der Waals surface area contributed by atoms with Crippen LogP contribution in [0.5, 0.6) is 0 Å². The summed E-state index contributed by atoms with van der Waals surface area (Å²) in [6.45, 7) is 15.5. The maximum absolute atomic E-state index is 12.2. The average molecular weight is 436 g/mol. The molecule has 2 aromatic carbocycles. The van der Waals surface area contributed by atoms with Crippen LogP contribution in [0.25, 0.3) is 4.85 Å². The van der Waals surface area contributed by atoms with Crippen molar-refractivity contribution in [2.45, 2.75) is 44.8 Å². The summed E-state index contributed by atoms with van der Waals surface area (Å²) in [6.07, 6.45) is 1.63. The lowest BCUT2D eigenvalue weighted by Gasteiger charge is -2.30. The number of β-amino-alcohol motifs (C(OH)–C–C–N with tert-alkyl or cyclic N) is 1. The number of rotatable bonds is 7. The van der Waals surface area contributed by atoms with E-state index in [4.69, 9.17) is 11.3 Å². The fourth-order valence-electron chi connectivity index (χ4n) is 4.01. The number of aliphatic hydroxyl groups is 1. The molecule has 32 heavy (non-hydrogen) atoms. The predicted octanol–water partition coefficient (Wildman–Crippen LogP) is 4.31. The summed E-state index contributed by atoms with van der Waals surface area (Å²) in [6, 6.07) is 15.0. The molecule has 1 atom stereocenters. The molecule has 1 unspecified atom stereocenters. The van der Waals surface area contributed by atoms with Crippen molar-refractivity contribution in [3.05, 3.63) is 71.1 Å². The van der Waals surface area contributed by atoms with Gasteiger partial charge in [0.1, 0.15) is 5.60 Å². The molecule has 2 aromatic rings. The molecule has 1 heterocycles. The molecule has 0 amide bonds. The van der Waals surface area contributed by atoms with Crippen molar-refractivity contribution in [2.24, 2.45) is 0 Å². The van der Waals surface area contributed by atoms with Crippen LogP contribution in [-0.2, 0) is 11.2 Å². The van der Waals surface area contributed by atoms with Gasteiger partial charge in [-0.3, -0.25) is 4.90 Å². The number of nitrogens with zero attached hydrogens (tertiary/aromatic N) is 3. The summed E-state index contributed by atoms with van der Waals surface area (Å²) in [5.41, 5.74) is 2.04. The molecule has 6 nitrogen and oxygen atoms in total. The Balaban J connectivity index is 1.51. The number of carbonyl (C=O) groups excluding carboxylic acids is 1. The summed E-state index contributed by atoms with van der Waals surface area (Å²) in [7, 11) is 1.96. The fourth-order valence-corrected chi connectivity index (χ4v) is 4.01. The van der Waals surface area contributed by atoms with Crippen molar-refractivity contribution in [1.82, 2.24) is 4.90 Å². The monoisotopic (exact) mass is 435 g/mol. The van der Waals surface area contributed by atoms with E-state index in [0.29, 0.717) is 24.3 Å². The number of carbonyl (C=O) groups is 1. The lowest BCUT2D eigenvalue weighted by Crippen LogP contribution is -2.44. The molecule has 0 bridgehead atoms. The van der Waals surface area contributed by atoms with Crippen molar-refractivity contribution in [1.29, 1.82) is 0 Å². The fraction of sp³-hybridized carbons (Fsp3) is 0.462. The molecule has 0 aliphatic carbocycles. The van der Waals surface area contributed by atoms with E-state index in [2.05, 4.69) is 9.74 Å². The van der Waals surface area contributed by atoms with Gasteiger partial charge in [-0.05, 0) is 63.4 Å². The molecule has 0 aromatic heterocycles. The smallest absolute Gasteiger partial charge is 0.338 e. The normalized spacial score (nSPS) is 18.9. The third-order valence-electron chi connectivity index (χ3n) is 5.67. The summed E-state index contributed by atoms with van der Waals surface area (Å²) in [5, 5.41) is 11.1. The van der Waals surface area contributed by atoms with Crippen LogP contribution in [0.4, 0.5) is 11.4 Å². The Labute approximate surface area is 191 Å². The standard InChI is InChI=1S/C26H33N3O3/c1-25(2,3)32-24(30)21-8-12-23(13-9-21)28(5)18-26(31)15-17-29(19-26)16-14-20-6-10-22(27-4)11-7-20/h6-13,31H,14-19H2,1-3,5H3. The molecule has 0 radical (unpaired) electrons. The second-order valence-corrected chi connectivity index (χ2v) is 9.68.